The van der Waals surface area contributed by atoms with E-state index in [1.165, 1.54) is 0 Å². The highest BCUT2D eigenvalue weighted by Gasteiger charge is 2.16. The number of amides is 1. The molecule has 0 aliphatic rings. The molecule has 0 aliphatic heterocycles. The van der Waals surface area contributed by atoms with Crippen molar-refractivity contribution in [2.75, 3.05) is 10.6 Å². The van der Waals surface area contributed by atoms with Gasteiger partial charge in [0.15, 0.2) is 0 Å². The van der Waals surface area contributed by atoms with E-state index in [0.717, 1.165) is 16.4 Å². The molecular weight excluding hydrogens is 312 g/mol. The lowest BCUT2D eigenvalue weighted by atomic mass is 10.2. The first-order valence-corrected chi connectivity index (χ1v) is 8.25. The van der Waals surface area contributed by atoms with Crippen molar-refractivity contribution in [3.63, 3.8) is 0 Å². The Labute approximate surface area is 140 Å². The lowest BCUT2D eigenvalue weighted by Crippen LogP contribution is -2.27. The highest BCUT2D eigenvalue weighted by Crippen LogP contribution is 2.21. The Morgan fingerprint density at radius 2 is 2.09 bits per heavy atom. The second-order valence-corrected chi connectivity index (χ2v) is 7.28. The van der Waals surface area contributed by atoms with Gasteiger partial charge in [-0.25, -0.2) is 14.8 Å². The van der Waals surface area contributed by atoms with Gasteiger partial charge in [0, 0.05) is 5.38 Å². The Balaban J connectivity index is 1.93. The third kappa shape index (κ3) is 5.52. The third-order valence-corrected chi connectivity index (χ3v) is 3.65. The van der Waals surface area contributed by atoms with Gasteiger partial charge in [0.05, 0.1) is 28.6 Å². The van der Waals surface area contributed by atoms with Gasteiger partial charge in [-0.3, -0.25) is 5.32 Å². The van der Waals surface area contributed by atoms with Crippen LogP contribution in [-0.2, 0) is 4.74 Å². The molecular formula is C16H22N4O2S. The van der Waals surface area contributed by atoms with E-state index in [-0.39, 0.29) is 6.04 Å². The Hall–Kier alpha value is -2.15. The monoisotopic (exact) mass is 334 g/mol. The molecule has 2 aromatic heterocycles. The number of nitrogens with zero attached hydrogens (tertiary/aromatic N) is 2. The predicted molar refractivity (Wildman–Crippen MR) is 93.0 cm³/mol. The van der Waals surface area contributed by atoms with Gasteiger partial charge in [-0.2, -0.15) is 0 Å². The summed E-state index contributed by atoms with van der Waals surface area (Å²) in [5, 5.41) is 9.02. The average Bonchev–Trinajstić information content (AvgIpc) is 2.85. The number of ether oxygens (including phenoxy) is 1. The normalized spacial score (nSPS) is 12.6. The highest BCUT2D eigenvalue weighted by molar-refractivity contribution is 7.09. The minimum Gasteiger partial charge on any atom is -0.444 e. The number of aryl methyl sites for hydroxylation is 1. The fourth-order valence-electron chi connectivity index (χ4n) is 1.86. The average molecular weight is 334 g/mol. The SMILES string of the molecule is Cc1nc(C(C)Nc2ccc(NC(=O)OC(C)(C)C)nc2)cs1. The van der Waals surface area contributed by atoms with Crippen LogP contribution in [0.15, 0.2) is 23.7 Å². The van der Waals surface area contributed by atoms with Crippen LogP contribution in [0.1, 0.15) is 44.4 Å². The Kier molecular flexibility index (Phi) is 5.20. The van der Waals surface area contributed by atoms with Crippen molar-refractivity contribution in [1.29, 1.82) is 0 Å². The molecule has 2 rings (SSSR count). The van der Waals surface area contributed by atoms with Gasteiger partial charge in [0.1, 0.15) is 11.4 Å². The first-order valence-electron chi connectivity index (χ1n) is 7.37. The van der Waals surface area contributed by atoms with Crippen LogP contribution in [0.5, 0.6) is 0 Å². The molecule has 0 bridgehead atoms. The number of pyridine rings is 1. The number of thiazole rings is 1. The molecule has 0 aliphatic carbocycles. The molecule has 0 radical (unpaired) electrons. The summed E-state index contributed by atoms with van der Waals surface area (Å²) in [6, 6.07) is 3.67. The van der Waals surface area contributed by atoms with Gasteiger partial charge in [0.2, 0.25) is 0 Å². The van der Waals surface area contributed by atoms with Crippen molar-refractivity contribution in [1.82, 2.24) is 9.97 Å². The van der Waals surface area contributed by atoms with Gasteiger partial charge in [-0.15, -0.1) is 11.3 Å². The van der Waals surface area contributed by atoms with Crippen molar-refractivity contribution in [3.05, 3.63) is 34.4 Å². The van der Waals surface area contributed by atoms with E-state index < -0.39 is 11.7 Å². The van der Waals surface area contributed by atoms with Crippen molar-refractivity contribution >= 4 is 28.9 Å². The van der Waals surface area contributed by atoms with E-state index in [4.69, 9.17) is 4.74 Å². The van der Waals surface area contributed by atoms with Gasteiger partial charge in [-0.05, 0) is 46.8 Å². The van der Waals surface area contributed by atoms with Gasteiger partial charge in [-0.1, -0.05) is 0 Å². The molecule has 0 saturated heterocycles. The van der Waals surface area contributed by atoms with Crippen LogP contribution < -0.4 is 10.6 Å². The van der Waals surface area contributed by atoms with Crippen LogP contribution in [0.4, 0.5) is 16.3 Å². The molecule has 23 heavy (non-hydrogen) atoms. The van der Waals surface area contributed by atoms with Gasteiger partial charge < -0.3 is 10.1 Å². The summed E-state index contributed by atoms with van der Waals surface area (Å²) in [5.74, 6) is 0.446. The first-order chi connectivity index (χ1) is 10.7. The van der Waals surface area contributed by atoms with Crippen LogP contribution in [0.2, 0.25) is 0 Å². The fraction of sp³-hybridized carbons (Fsp3) is 0.438. The van der Waals surface area contributed by atoms with E-state index in [1.54, 1.807) is 23.6 Å². The molecule has 2 heterocycles. The smallest absolute Gasteiger partial charge is 0.413 e. The zero-order valence-electron chi connectivity index (χ0n) is 14.0. The maximum Gasteiger partial charge on any atom is 0.413 e. The maximum absolute atomic E-state index is 11.7. The van der Waals surface area contributed by atoms with Crippen LogP contribution >= 0.6 is 11.3 Å². The lowest BCUT2D eigenvalue weighted by molar-refractivity contribution is 0.0635. The minimum atomic E-state index is -0.535. The number of aromatic nitrogens is 2. The maximum atomic E-state index is 11.7. The molecule has 2 N–H and O–H groups in total. The largest absolute Gasteiger partial charge is 0.444 e. The molecule has 1 unspecified atom stereocenters. The van der Waals surface area contributed by atoms with Crippen LogP contribution in [-0.4, -0.2) is 21.7 Å². The highest BCUT2D eigenvalue weighted by atomic mass is 32.1. The predicted octanol–water partition coefficient (Wildman–Crippen LogP) is 4.37. The summed E-state index contributed by atoms with van der Waals surface area (Å²) in [4.78, 5) is 20.4. The second-order valence-electron chi connectivity index (χ2n) is 6.22. The summed E-state index contributed by atoms with van der Waals surface area (Å²) < 4.78 is 5.18. The van der Waals surface area contributed by atoms with E-state index in [1.807, 2.05) is 46.1 Å². The fourth-order valence-corrected chi connectivity index (χ4v) is 2.57. The molecule has 2 aromatic rings. The Morgan fingerprint density at radius 3 is 2.61 bits per heavy atom. The Morgan fingerprint density at radius 1 is 1.35 bits per heavy atom. The zero-order chi connectivity index (χ0) is 17.0. The van der Waals surface area contributed by atoms with Crippen LogP contribution in [0, 0.1) is 6.92 Å². The number of hydrogen-bond donors (Lipinski definition) is 2. The quantitative estimate of drug-likeness (QED) is 0.868. The zero-order valence-corrected chi connectivity index (χ0v) is 14.8. The number of nitrogens with one attached hydrogen (secondary N) is 2. The van der Waals surface area contributed by atoms with E-state index in [2.05, 4.69) is 20.6 Å². The van der Waals surface area contributed by atoms with Gasteiger partial charge in [0.25, 0.3) is 0 Å². The third-order valence-electron chi connectivity index (χ3n) is 2.86. The number of carbonyl (C=O) groups excluding carboxylic acids is 1. The van der Waals surface area contributed by atoms with Gasteiger partial charge >= 0.3 is 6.09 Å². The van der Waals surface area contributed by atoms with Crippen molar-refractivity contribution < 1.29 is 9.53 Å². The Bertz CT molecular complexity index is 661. The van der Waals surface area contributed by atoms with Crippen LogP contribution in [0.25, 0.3) is 0 Å². The number of anilines is 2. The second kappa shape index (κ2) is 6.95. The summed E-state index contributed by atoms with van der Waals surface area (Å²) in [6.07, 6.45) is 1.15. The molecule has 1 atom stereocenters. The van der Waals surface area contributed by atoms with E-state index >= 15 is 0 Å². The number of hydrogen-bond acceptors (Lipinski definition) is 6. The van der Waals surface area contributed by atoms with Crippen molar-refractivity contribution in [3.8, 4) is 0 Å². The van der Waals surface area contributed by atoms with Crippen LogP contribution in [0.3, 0.4) is 0 Å². The molecule has 0 spiro atoms. The molecule has 0 saturated carbocycles. The van der Waals surface area contributed by atoms with Crippen molar-refractivity contribution in [2.45, 2.75) is 46.3 Å². The summed E-state index contributed by atoms with van der Waals surface area (Å²) in [6.45, 7) is 9.47. The summed E-state index contributed by atoms with van der Waals surface area (Å²) in [7, 11) is 0. The minimum absolute atomic E-state index is 0.0893. The molecule has 6 nitrogen and oxygen atoms in total. The van der Waals surface area contributed by atoms with E-state index in [0.29, 0.717) is 5.82 Å². The molecule has 0 fully saturated rings. The summed E-state index contributed by atoms with van der Waals surface area (Å²) >= 11 is 1.63. The number of carbonyl (C=O) groups is 1. The molecule has 0 aromatic carbocycles. The lowest BCUT2D eigenvalue weighted by Gasteiger charge is -2.19. The number of rotatable bonds is 4. The topological polar surface area (TPSA) is 76.1 Å². The van der Waals surface area contributed by atoms with E-state index in [9.17, 15) is 4.79 Å². The molecule has 7 heteroatoms. The van der Waals surface area contributed by atoms with Crippen molar-refractivity contribution in [2.24, 2.45) is 0 Å². The summed E-state index contributed by atoms with van der Waals surface area (Å²) in [5.41, 5.74) is 1.33. The molecule has 124 valence electrons. The molecule has 1 amide bonds. The standard InChI is InChI=1S/C16H22N4O2S/c1-10(13-9-23-11(2)19-13)18-12-6-7-14(17-8-12)20-15(21)22-16(3,4)5/h6-10,18H,1-5H3,(H,17,20,21). The first kappa shape index (κ1) is 17.2.